The fourth-order valence-corrected chi connectivity index (χ4v) is 3.94. The van der Waals surface area contributed by atoms with Crippen molar-refractivity contribution in [3.8, 4) is 0 Å². The zero-order valence-electron chi connectivity index (χ0n) is 21.1. The average molecular weight is 488 g/mol. The molecule has 1 heterocycles. The van der Waals surface area contributed by atoms with E-state index in [0.29, 0.717) is 17.0 Å². The van der Waals surface area contributed by atoms with E-state index >= 15 is 0 Å². The highest BCUT2D eigenvalue weighted by Crippen LogP contribution is 2.40. The Morgan fingerprint density at radius 1 is 1.11 bits per heavy atom. The molecule has 0 saturated carbocycles. The Kier molecular flexibility index (Phi) is 9.16. The van der Waals surface area contributed by atoms with Gasteiger partial charge >= 0.3 is 11.9 Å². The van der Waals surface area contributed by atoms with Crippen molar-refractivity contribution in [3.05, 3.63) is 62.5 Å². The molecule has 0 saturated heterocycles. The van der Waals surface area contributed by atoms with Crippen LogP contribution in [0.5, 0.6) is 0 Å². The Labute approximate surface area is 204 Å². The minimum absolute atomic E-state index is 0.154. The van der Waals surface area contributed by atoms with Crippen molar-refractivity contribution < 1.29 is 28.8 Å². The lowest BCUT2D eigenvalue weighted by molar-refractivity contribution is -0.384. The third-order valence-corrected chi connectivity index (χ3v) is 5.48. The van der Waals surface area contributed by atoms with Gasteiger partial charge in [0.1, 0.15) is 6.04 Å². The van der Waals surface area contributed by atoms with E-state index in [9.17, 15) is 24.5 Å². The fraction of sp³-hybridized carbons (Fsp3) is 0.480. The van der Waals surface area contributed by atoms with Crippen LogP contribution < -0.4 is 10.6 Å². The normalized spacial score (nSPS) is 16.7. The Bertz CT molecular complexity index is 1070. The number of nitrogens with zero attached hydrogens (tertiary/aromatic N) is 1. The molecule has 10 nitrogen and oxygen atoms in total. The fourth-order valence-electron chi connectivity index (χ4n) is 3.94. The smallest absolute Gasteiger partial charge is 0.337 e. The molecule has 0 radical (unpaired) electrons. The molecule has 0 aliphatic carbocycles. The number of non-ortho nitro benzene ring substituents is 1. The first-order valence-electron chi connectivity index (χ1n) is 11.5. The van der Waals surface area contributed by atoms with Gasteiger partial charge < -0.3 is 20.1 Å². The zero-order valence-corrected chi connectivity index (χ0v) is 21.1. The topological polar surface area (TPSA) is 137 Å². The summed E-state index contributed by atoms with van der Waals surface area (Å²) >= 11 is 0. The van der Waals surface area contributed by atoms with E-state index < -0.39 is 40.8 Å². The molecule has 0 fully saturated rings. The van der Waals surface area contributed by atoms with E-state index in [4.69, 9.17) is 9.47 Å². The third kappa shape index (κ3) is 6.46. The first kappa shape index (κ1) is 27.6. The number of esters is 2. The van der Waals surface area contributed by atoms with Gasteiger partial charge in [0.25, 0.3) is 11.6 Å². The number of hydrogen-bond donors (Lipinski definition) is 2. The summed E-state index contributed by atoms with van der Waals surface area (Å²) in [5.41, 5.74) is 1.42. The number of carbonyl (C=O) groups is 3. The molecule has 0 bridgehead atoms. The minimum Gasteiger partial charge on any atom is -0.464 e. The quantitative estimate of drug-likeness (QED) is 0.307. The van der Waals surface area contributed by atoms with Gasteiger partial charge in [-0.1, -0.05) is 26.0 Å². The Morgan fingerprint density at radius 2 is 1.74 bits per heavy atom. The molecule has 1 aliphatic heterocycles. The Hall–Kier alpha value is -3.69. The molecular formula is C25H33N3O7. The second-order valence-corrected chi connectivity index (χ2v) is 8.89. The SMILES string of the molecule is CCOC(=O)[C@H](NC(=O)C1=C(C)NC(C)=C(C(=O)OC(C)C)[C@H]1c1cccc([N+](=O)[O-])c1)C(C)C. The summed E-state index contributed by atoms with van der Waals surface area (Å²) in [6.45, 7) is 12.1. The first-order valence-corrected chi connectivity index (χ1v) is 11.5. The number of ether oxygens (including phenoxy) is 2. The van der Waals surface area contributed by atoms with E-state index in [0.717, 1.165) is 0 Å². The summed E-state index contributed by atoms with van der Waals surface area (Å²) in [6.07, 6.45) is -0.424. The summed E-state index contributed by atoms with van der Waals surface area (Å²) in [7, 11) is 0. The maximum atomic E-state index is 13.6. The standard InChI is InChI=1S/C25H33N3O7/c1-8-34-25(31)22(13(2)3)27-23(29)19-15(6)26-16(7)20(24(30)35-14(4)5)21(19)17-10-9-11-18(12-17)28(32)33/h9-14,21-22,26H,8H2,1-7H3,(H,27,29)/t21-,22+/m0/s1. The predicted molar refractivity (Wildman–Crippen MR) is 129 cm³/mol. The van der Waals surface area contributed by atoms with Crippen molar-refractivity contribution in [1.29, 1.82) is 0 Å². The van der Waals surface area contributed by atoms with Gasteiger partial charge in [-0.05, 0) is 46.1 Å². The van der Waals surface area contributed by atoms with Crippen molar-refractivity contribution >= 4 is 23.5 Å². The van der Waals surface area contributed by atoms with Crippen LogP contribution in [-0.2, 0) is 23.9 Å². The number of nitro benzene ring substituents is 1. The van der Waals surface area contributed by atoms with Gasteiger partial charge in [-0.25, -0.2) is 9.59 Å². The van der Waals surface area contributed by atoms with Gasteiger partial charge in [0.05, 0.1) is 29.1 Å². The predicted octanol–water partition coefficient (Wildman–Crippen LogP) is 3.49. The molecule has 10 heteroatoms. The molecule has 0 spiro atoms. The van der Waals surface area contributed by atoms with Crippen LogP contribution in [0.4, 0.5) is 5.69 Å². The highest BCUT2D eigenvalue weighted by Gasteiger charge is 2.39. The third-order valence-electron chi connectivity index (χ3n) is 5.48. The molecule has 1 aliphatic rings. The number of rotatable bonds is 9. The van der Waals surface area contributed by atoms with Crippen LogP contribution in [0.2, 0.25) is 0 Å². The van der Waals surface area contributed by atoms with Gasteiger partial charge in [0, 0.05) is 29.1 Å². The van der Waals surface area contributed by atoms with Crippen molar-refractivity contribution in [2.45, 2.75) is 66.5 Å². The summed E-state index contributed by atoms with van der Waals surface area (Å²) in [5, 5.41) is 17.2. The number of hydrogen-bond acceptors (Lipinski definition) is 8. The van der Waals surface area contributed by atoms with E-state index in [1.54, 1.807) is 54.5 Å². The first-order chi connectivity index (χ1) is 16.4. The van der Waals surface area contributed by atoms with Crippen LogP contribution in [0.1, 0.15) is 59.9 Å². The van der Waals surface area contributed by atoms with Crippen LogP contribution >= 0.6 is 0 Å². The van der Waals surface area contributed by atoms with Crippen LogP contribution in [0.3, 0.4) is 0 Å². The number of nitro groups is 1. The Balaban J connectivity index is 2.64. The second-order valence-electron chi connectivity index (χ2n) is 8.89. The monoisotopic (exact) mass is 487 g/mol. The number of carbonyl (C=O) groups excluding carboxylic acids is 3. The number of allylic oxidation sites excluding steroid dienone is 2. The Morgan fingerprint density at radius 3 is 2.29 bits per heavy atom. The molecule has 2 N–H and O–H groups in total. The van der Waals surface area contributed by atoms with E-state index in [1.165, 1.54) is 18.2 Å². The number of benzene rings is 1. The highest BCUT2D eigenvalue weighted by atomic mass is 16.6. The average Bonchev–Trinajstić information content (AvgIpc) is 2.76. The number of amides is 1. The van der Waals surface area contributed by atoms with Crippen molar-refractivity contribution in [3.63, 3.8) is 0 Å². The number of dihydropyridines is 1. The maximum Gasteiger partial charge on any atom is 0.337 e. The van der Waals surface area contributed by atoms with Gasteiger partial charge in [-0.2, -0.15) is 0 Å². The molecule has 0 unspecified atom stereocenters. The zero-order chi connectivity index (χ0) is 26.4. The van der Waals surface area contributed by atoms with Crippen LogP contribution in [0, 0.1) is 16.0 Å². The van der Waals surface area contributed by atoms with E-state index in [2.05, 4.69) is 10.6 Å². The largest absolute Gasteiger partial charge is 0.464 e. The molecule has 35 heavy (non-hydrogen) atoms. The molecule has 2 atom stereocenters. The molecule has 2 rings (SSSR count). The van der Waals surface area contributed by atoms with Gasteiger partial charge in [0.2, 0.25) is 0 Å². The summed E-state index contributed by atoms with van der Waals surface area (Å²) in [6, 6.07) is 4.85. The molecule has 190 valence electrons. The molecule has 1 amide bonds. The lowest BCUT2D eigenvalue weighted by Gasteiger charge is -2.32. The molecule has 0 aromatic heterocycles. The second kappa shape index (κ2) is 11.6. The summed E-state index contributed by atoms with van der Waals surface area (Å²) in [5.74, 6) is -3.05. The van der Waals surface area contributed by atoms with Crippen molar-refractivity contribution in [2.24, 2.45) is 5.92 Å². The molecule has 1 aromatic rings. The summed E-state index contributed by atoms with van der Waals surface area (Å²) in [4.78, 5) is 50.1. The highest BCUT2D eigenvalue weighted by molar-refractivity contribution is 6.03. The van der Waals surface area contributed by atoms with Gasteiger partial charge in [0.15, 0.2) is 0 Å². The van der Waals surface area contributed by atoms with Crippen molar-refractivity contribution in [2.75, 3.05) is 6.61 Å². The lowest BCUT2D eigenvalue weighted by atomic mass is 9.79. The van der Waals surface area contributed by atoms with Gasteiger partial charge in [-0.3, -0.25) is 14.9 Å². The molecular weight excluding hydrogens is 454 g/mol. The molecule has 1 aromatic carbocycles. The van der Waals surface area contributed by atoms with Crippen LogP contribution in [0.15, 0.2) is 46.8 Å². The van der Waals surface area contributed by atoms with Crippen LogP contribution in [-0.4, -0.2) is 41.5 Å². The number of nitrogens with one attached hydrogen (secondary N) is 2. The van der Waals surface area contributed by atoms with E-state index in [-0.39, 0.29) is 29.4 Å². The van der Waals surface area contributed by atoms with Gasteiger partial charge in [-0.15, -0.1) is 0 Å². The van der Waals surface area contributed by atoms with Crippen LogP contribution in [0.25, 0.3) is 0 Å². The summed E-state index contributed by atoms with van der Waals surface area (Å²) < 4.78 is 10.6. The maximum absolute atomic E-state index is 13.6. The van der Waals surface area contributed by atoms with E-state index in [1.807, 2.05) is 0 Å². The minimum atomic E-state index is -0.961. The lowest BCUT2D eigenvalue weighted by Crippen LogP contribution is -2.47. The van der Waals surface area contributed by atoms with Crippen molar-refractivity contribution in [1.82, 2.24) is 10.6 Å².